The summed E-state index contributed by atoms with van der Waals surface area (Å²) >= 11 is 0. The molecular weight excluding hydrogens is 418 g/mol. The zero-order chi connectivity index (χ0) is 23.6. The number of hydrogen-bond acceptors (Lipinski definition) is 5. The Hall–Kier alpha value is -3.35. The van der Waals surface area contributed by atoms with Crippen LogP contribution >= 0.6 is 0 Å². The minimum atomic E-state index is -0.601. The number of pyridine rings is 1. The number of aromatic nitrogens is 2. The van der Waals surface area contributed by atoms with E-state index in [2.05, 4.69) is 15.3 Å². The van der Waals surface area contributed by atoms with Gasteiger partial charge in [-0.3, -0.25) is 10.3 Å². The molecule has 4 rings (SSSR count). The highest BCUT2D eigenvalue weighted by atomic mass is 16.6. The molecule has 7 nitrogen and oxygen atoms in total. The van der Waals surface area contributed by atoms with Gasteiger partial charge >= 0.3 is 12.1 Å². The van der Waals surface area contributed by atoms with Crippen molar-refractivity contribution in [2.45, 2.75) is 64.4 Å². The average molecular weight is 450 g/mol. The molecule has 0 radical (unpaired) electrons. The number of nitrogens with zero attached hydrogens (tertiary/aromatic N) is 1. The third-order valence-corrected chi connectivity index (χ3v) is 6.00. The van der Waals surface area contributed by atoms with Crippen LogP contribution in [0.1, 0.15) is 74.7 Å². The fourth-order valence-electron chi connectivity index (χ4n) is 4.61. The summed E-state index contributed by atoms with van der Waals surface area (Å²) in [6.45, 7) is 5.49. The van der Waals surface area contributed by atoms with Gasteiger partial charge in [0.25, 0.3) is 0 Å². The zero-order valence-electron chi connectivity index (χ0n) is 19.7. The number of ether oxygens (including phenoxy) is 2. The van der Waals surface area contributed by atoms with E-state index in [1.165, 1.54) is 31.9 Å². The number of hydrogen-bond donors (Lipinski definition) is 2. The van der Waals surface area contributed by atoms with Crippen LogP contribution in [0.25, 0.3) is 22.2 Å². The summed E-state index contributed by atoms with van der Waals surface area (Å²) in [5, 5.41) is 3.96. The quantitative estimate of drug-likeness (QED) is 0.449. The van der Waals surface area contributed by atoms with Crippen LogP contribution in [-0.2, 0) is 9.47 Å². The SMILES string of the molecule is COC(=O)c1ccc2c(C3CCCCC3)c(-c3cnccc3NC(=O)OC(C)(C)C)[nH]c2c1. The number of carbonyl (C=O) groups is 2. The fourth-order valence-corrected chi connectivity index (χ4v) is 4.61. The number of benzene rings is 1. The van der Waals surface area contributed by atoms with Crippen molar-refractivity contribution in [1.82, 2.24) is 9.97 Å². The van der Waals surface area contributed by atoms with Crippen LogP contribution in [0.4, 0.5) is 10.5 Å². The minimum Gasteiger partial charge on any atom is -0.465 e. The van der Waals surface area contributed by atoms with Crippen molar-refractivity contribution in [3.8, 4) is 11.3 Å². The molecule has 2 heterocycles. The van der Waals surface area contributed by atoms with Gasteiger partial charge in [-0.05, 0) is 63.3 Å². The number of H-pyrrole nitrogens is 1. The molecule has 0 bridgehead atoms. The second kappa shape index (κ2) is 9.25. The number of methoxy groups -OCH3 is 1. The Balaban J connectivity index is 1.83. The molecule has 174 valence electrons. The Labute approximate surface area is 193 Å². The van der Waals surface area contributed by atoms with Crippen molar-refractivity contribution in [1.29, 1.82) is 0 Å². The Morgan fingerprint density at radius 3 is 2.58 bits per heavy atom. The first kappa shape index (κ1) is 22.8. The molecule has 1 aromatic carbocycles. The first-order valence-electron chi connectivity index (χ1n) is 11.4. The molecule has 1 saturated carbocycles. The van der Waals surface area contributed by atoms with Crippen LogP contribution in [0.15, 0.2) is 36.7 Å². The number of esters is 1. The summed E-state index contributed by atoms with van der Waals surface area (Å²) < 4.78 is 10.4. The predicted octanol–water partition coefficient (Wildman–Crippen LogP) is 6.41. The van der Waals surface area contributed by atoms with E-state index < -0.39 is 11.7 Å². The van der Waals surface area contributed by atoms with E-state index in [0.29, 0.717) is 17.2 Å². The van der Waals surface area contributed by atoms with Gasteiger partial charge < -0.3 is 14.5 Å². The molecule has 3 aromatic rings. The van der Waals surface area contributed by atoms with Crippen LogP contribution in [0.3, 0.4) is 0 Å². The maximum absolute atomic E-state index is 12.5. The third kappa shape index (κ3) is 5.02. The lowest BCUT2D eigenvalue weighted by Crippen LogP contribution is -2.27. The standard InChI is InChI=1S/C26H31N3O4/c1-26(2,3)33-25(31)29-20-12-13-27-15-19(20)23-22(16-8-6-5-7-9-16)18-11-10-17(24(30)32-4)14-21(18)28-23/h10-16,28H,5-9H2,1-4H3,(H,27,29,31). The topological polar surface area (TPSA) is 93.3 Å². The molecule has 1 aliphatic rings. The largest absolute Gasteiger partial charge is 0.465 e. The summed E-state index contributed by atoms with van der Waals surface area (Å²) in [6.07, 6.45) is 8.72. The smallest absolute Gasteiger partial charge is 0.412 e. The van der Waals surface area contributed by atoms with Crippen LogP contribution < -0.4 is 5.32 Å². The zero-order valence-corrected chi connectivity index (χ0v) is 19.7. The van der Waals surface area contributed by atoms with Gasteiger partial charge in [-0.2, -0.15) is 0 Å². The van der Waals surface area contributed by atoms with Gasteiger partial charge in [-0.15, -0.1) is 0 Å². The van der Waals surface area contributed by atoms with E-state index in [4.69, 9.17) is 9.47 Å². The highest BCUT2D eigenvalue weighted by molar-refractivity contribution is 6.00. The number of rotatable bonds is 4. The summed E-state index contributed by atoms with van der Waals surface area (Å²) in [5.74, 6) is 0.0157. The normalized spacial score (nSPS) is 14.8. The monoisotopic (exact) mass is 449 g/mol. The molecule has 0 saturated heterocycles. The second-order valence-corrected chi connectivity index (χ2v) is 9.55. The summed E-state index contributed by atoms with van der Waals surface area (Å²) in [6, 6.07) is 7.40. The van der Waals surface area contributed by atoms with Gasteiger partial charge in [0.05, 0.1) is 24.1 Å². The number of aromatic amines is 1. The molecule has 0 unspecified atom stereocenters. The first-order valence-corrected chi connectivity index (χ1v) is 11.4. The summed E-state index contributed by atoms with van der Waals surface area (Å²) in [5.41, 5.74) is 4.29. The molecule has 2 N–H and O–H groups in total. The maximum Gasteiger partial charge on any atom is 0.412 e. The van der Waals surface area contributed by atoms with Crippen molar-refractivity contribution >= 4 is 28.7 Å². The van der Waals surface area contributed by atoms with Gasteiger partial charge in [0.15, 0.2) is 0 Å². The summed E-state index contributed by atoms with van der Waals surface area (Å²) in [4.78, 5) is 32.5. The van der Waals surface area contributed by atoms with Crippen LogP contribution in [0, 0.1) is 0 Å². The van der Waals surface area contributed by atoms with Gasteiger partial charge in [0.1, 0.15) is 5.60 Å². The van der Waals surface area contributed by atoms with Gasteiger partial charge in [-0.25, -0.2) is 9.59 Å². The molecule has 1 aliphatic carbocycles. The van der Waals surface area contributed by atoms with E-state index in [0.717, 1.165) is 35.0 Å². The maximum atomic E-state index is 12.5. The Morgan fingerprint density at radius 2 is 1.88 bits per heavy atom. The number of amides is 1. The highest BCUT2D eigenvalue weighted by Crippen LogP contribution is 2.43. The van der Waals surface area contributed by atoms with Crippen molar-refractivity contribution < 1.29 is 19.1 Å². The number of carbonyl (C=O) groups excluding carboxylic acids is 2. The predicted molar refractivity (Wildman–Crippen MR) is 129 cm³/mol. The van der Waals surface area contributed by atoms with Crippen molar-refractivity contribution in [2.24, 2.45) is 0 Å². The lowest BCUT2D eigenvalue weighted by atomic mass is 9.82. The summed E-state index contributed by atoms with van der Waals surface area (Å²) in [7, 11) is 1.38. The van der Waals surface area contributed by atoms with Gasteiger partial charge in [-0.1, -0.05) is 25.3 Å². The first-order chi connectivity index (χ1) is 15.8. The molecule has 2 aromatic heterocycles. The van der Waals surface area contributed by atoms with Crippen LogP contribution in [0.2, 0.25) is 0 Å². The molecule has 1 fully saturated rings. The van der Waals surface area contributed by atoms with Crippen LogP contribution in [-0.4, -0.2) is 34.7 Å². The van der Waals surface area contributed by atoms with Crippen molar-refractivity contribution in [3.63, 3.8) is 0 Å². The average Bonchev–Trinajstić information content (AvgIpc) is 3.16. The second-order valence-electron chi connectivity index (χ2n) is 9.55. The lowest BCUT2D eigenvalue weighted by Gasteiger charge is -2.24. The Morgan fingerprint density at radius 1 is 1.12 bits per heavy atom. The fraction of sp³-hybridized carbons (Fsp3) is 0.423. The van der Waals surface area contributed by atoms with E-state index in [-0.39, 0.29) is 5.97 Å². The van der Waals surface area contributed by atoms with E-state index in [1.807, 2.05) is 32.9 Å². The Kier molecular flexibility index (Phi) is 6.40. The number of fused-ring (bicyclic) bond motifs is 1. The molecule has 0 atom stereocenters. The minimum absolute atomic E-state index is 0.374. The molecule has 0 spiro atoms. The molecule has 33 heavy (non-hydrogen) atoms. The van der Waals surface area contributed by atoms with E-state index >= 15 is 0 Å². The third-order valence-electron chi connectivity index (χ3n) is 6.00. The van der Waals surface area contributed by atoms with Gasteiger partial charge in [0, 0.05) is 28.9 Å². The lowest BCUT2D eigenvalue weighted by molar-refractivity contribution is 0.0598. The van der Waals surface area contributed by atoms with E-state index in [9.17, 15) is 9.59 Å². The number of anilines is 1. The van der Waals surface area contributed by atoms with Crippen molar-refractivity contribution in [2.75, 3.05) is 12.4 Å². The molecule has 7 heteroatoms. The molecule has 0 aliphatic heterocycles. The molecule has 1 amide bonds. The Bertz CT molecular complexity index is 1170. The highest BCUT2D eigenvalue weighted by Gasteiger charge is 2.26. The van der Waals surface area contributed by atoms with Crippen LogP contribution in [0.5, 0.6) is 0 Å². The molecular formula is C26H31N3O4. The van der Waals surface area contributed by atoms with E-state index in [1.54, 1.807) is 24.5 Å². The van der Waals surface area contributed by atoms with Crippen molar-refractivity contribution in [3.05, 3.63) is 47.8 Å². The number of nitrogens with one attached hydrogen (secondary N) is 2. The van der Waals surface area contributed by atoms with Gasteiger partial charge in [0.2, 0.25) is 0 Å².